The first-order chi connectivity index (χ1) is 21.6. The van der Waals surface area contributed by atoms with Crippen LogP contribution >= 0.6 is 22.9 Å². The maximum Gasteiger partial charge on any atom is 0.308 e. The third-order valence-corrected chi connectivity index (χ3v) is 10.5. The summed E-state index contributed by atoms with van der Waals surface area (Å²) in [5, 5.41) is 14.4. The van der Waals surface area contributed by atoms with Crippen LogP contribution < -0.4 is 9.47 Å². The van der Waals surface area contributed by atoms with Crippen molar-refractivity contribution in [1.82, 2.24) is 24.6 Å². The van der Waals surface area contributed by atoms with Crippen molar-refractivity contribution in [2.45, 2.75) is 50.4 Å². The number of pyridine rings is 1. The zero-order valence-electron chi connectivity index (χ0n) is 25.0. The Morgan fingerprint density at radius 2 is 2.02 bits per heavy atom. The monoisotopic (exact) mass is 644 g/mol. The smallest absolute Gasteiger partial charge is 0.308 e. The van der Waals surface area contributed by atoms with Crippen molar-refractivity contribution in [1.29, 1.82) is 5.26 Å². The topological polar surface area (TPSA) is 132 Å². The molecular formula is C32H29ClN6O5S. The van der Waals surface area contributed by atoms with E-state index in [9.17, 15) is 9.59 Å². The molecule has 1 aromatic carbocycles. The molecule has 11 nitrogen and oxygen atoms in total. The van der Waals surface area contributed by atoms with Gasteiger partial charge in [-0.2, -0.15) is 10.4 Å². The molecule has 5 atom stereocenters. The van der Waals surface area contributed by atoms with Gasteiger partial charge in [0.2, 0.25) is 0 Å². The summed E-state index contributed by atoms with van der Waals surface area (Å²) in [5.74, 6) is 0.712. The number of halogens is 1. The second-order valence-corrected chi connectivity index (χ2v) is 13.2. The number of piperidine rings is 1. The summed E-state index contributed by atoms with van der Waals surface area (Å²) in [6.45, 7) is 3.77. The van der Waals surface area contributed by atoms with Crippen LogP contribution in [-0.2, 0) is 33.2 Å². The van der Waals surface area contributed by atoms with E-state index in [2.05, 4.69) is 39.2 Å². The van der Waals surface area contributed by atoms with E-state index in [1.54, 1.807) is 10.9 Å². The summed E-state index contributed by atoms with van der Waals surface area (Å²) in [5.41, 5.74) is 4.02. The first kappa shape index (κ1) is 29.4. The molecule has 1 fully saturated rings. The van der Waals surface area contributed by atoms with Crippen molar-refractivity contribution in [3.8, 4) is 28.1 Å². The number of ether oxygens (including phenoxy) is 3. The lowest BCUT2D eigenvalue weighted by molar-refractivity contribution is -0.152. The Labute approximate surface area is 268 Å². The average molecular weight is 645 g/mol. The Hall–Kier alpha value is -4.31. The minimum absolute atomic E-state index is 0.245. The number of hydrogen-bond donors (Lipinski definition) is 0. The number of likely N-dealkylation sites (tertiary alicyclic amines) is 1. The number of fused-ring (bicyclic) bond motifs is 1. The number of carbonyl (C=O) groups is 2. The number of nitriles is 1. The minimum Gasteiger partial charge on any atom is -0.481 e. The molecule has 2 bridgehead atoms. The van der Waals surface area contributed by atoms with Crippen molar-refractivity contribution in [3.63, 3.8) is 0 Å². The van der Waals surface area contributed by atoms with Crippen molar-refractivity contribution in [3.05, 3.63) is 64.7 Å². The average Bonchev–Trinajstić information content (AvgIpc) is 3.72. The predicted octanol–water partition coefficient (Wildman–Crippen LogP) is 4.61. The molecular weight excluding hydrogens is 616 g/mol. The van der Waals surface area contributed by atoms with Crippen LogP contribution in [0, 0.1) is 17.2 Å². The molecule has 5 heterocycles. The van der Waals surface area contributed by atoms with Gasteiger partial charge in [-0.3, -0.25) is 14.3 Å². The number of esters is 2. The fraction of sp³-hybridized carbons (Fsp3) is 0.375. The van der Waals surface area contributed by atoms with Crippen molar-refractivity contribution in [2.75, 3.05) is 13.6 Å². The molecule has 0 radical (unpaired) electrons. The zero-order chi connectivity index (χ0) is 31.6. The van der Waals surface area contributed by atoms with Gasteiger partial charge in [-0.25, -0.2) is 9.97 Å². The first-order valence-electron chi connectivity index (χ1n) is 14.5. The number of nitrogens with zero attached hydrogens (tertiary/aromatic N) is 6. The summed E-state index contributed by atoms with van der Waals surface area (Å²) in [7, 11) is 4.01. The lowest BCUT2D eigenvalue weighted by Gasteiger charge is -2.56. The highest BCUT2D eigenvalue weighted by atomic mass is 35.5. The molecule has 230 valence electrons. The molecule has 8 rings (SSSR count). The summed E-state index contributed by atoms with van der Waals surface area (Å²) in [6.07, 6.45) is 10.4. The molecule has 2 aliphatic carbocycles. The quantitative estimate of drug-likeness (QED) is 0.177. The minimum atomic E-state index is -0.439. The fourth-order valence-electron chi connectivity index (χ4n) is 7.36. The Kier molecular flexibility index (Phi) is 7.15. The van der Waals surface area contributed by atoms with Gasteiger partial charge in [0.1, 0.15) is 22.7 Å². The second-order valence-electron chi connectivity index (χ2n) is 11.8. The number of aromatic nitrogens is 4. The largest absolute Gasteiger partial charge is 0.481 e. The lowest BCUT2D eigenvalue weighted by atomic mass is 9.53. The van der Waals surface area contributed by atoms with E-state index in [1.807, 2.05) is 31.5 Å². The van der Waals surface area contributed by atoms with Crippen molar-refractivity contribution < 1.29 is 23.8 Å². The summed E-state index contributed by atoms with van der Waals surface area (Å²) < 4.78 is 19.9. The molecule has 4 aromatic rings. The Morgan fingerprint density at radius 3 is 2.73 bits per heavy atom. The number of hydrogen-bond acceptors (Lipinski definition) is 11. The van der Waals surface area contributed by atoms with Gasteiger partial charge in [-0.1, -0.05) is 23.7 Å². The molecule has 0 N–H and O–H groups in total. The van der Waals surface area contributed by atoms with Crippen molar-refractivity contribution in [2.24, 2.45) is 13.0 Å². The number of likely N-dealkylation sites (N-methyl/N-ethyl adjacent to an activating group) is 1. The predicted molar refractivity (Wildman–Crippen MR) is 166 cm³/mol. The number of benzene rings is 1. The lowest BCUT2D eigenvalue weighted by Crippen LogP contribution is -2.65. The van der Waals surface area contributed by atoms with Gasteiger partial charge >= 0.3 is 11.9 Å². The Morgan fingerprint density at radius 1 is 1.20 bits per heavy atom. The van der Waals surface area contributed by atoms with Crippen LogP contribution in [0.1, 0.15) is 37.1 Å². The van der Waals surface area contributed by atoms with E-state index in [4.69, 9.17) is 31.1 Å². The van der Waals surface area contributed by atoms with Gasteiger partial charge in [0.15, 0.2) is 23.3 Å². The van der Waals surface area contributed by atoms with Crippen LogP contribution in [-0.4, -0.2) is 68.4 Å². The molecule has 45 heavy (non-hydrogen) atoms. The molecule has 1 spiro atoms. The maximum absolute atomic E-state index is 11.7. The van der Waals surface area contributed by atoms with Gasteiger partial charge in [0.05, 0.1) is 15.9 Å². The molecule has 0 saturated carbocycles. The van der Waals surface area contributed by atoms with Crippen LogP contribution in [0.4, 0.5) is 0 Å². The van der Waals surface area contributed by atoms with Crippen LogP contribution in [0.2, 0.25) is 5.02 Å². The number of carbonyl (C=O) groups excluding carboxylic acids is 2. The summed E-state index contributed by atoms with van der Waals surface area (Å²) in [6, 6.07) is 6.32. The van der Waals surface area contributed by atoms with E-state index in [1.165, 1.54) is 36.9 Å². The fourth-order valence-corrected chi connectivity index (χ4v) is 8.60. The van der Waals surface area contributed by atoms with E-state index >= 15 is 0 Å². The van der Waals surface area contributed by atoms with Gasteiger partial charge in [-0.15, -0.1) is 11.3 Å². The normalized spacial score (nSPS) is 25.4. The van der Waals surface area contributed by atoms with Gasteiger partial charge < -0.3 is 19.1 Å². The second kappa shape index (κ2) is 10.9. The third-order valence-electron chi connectivity index (χ3n) is 9.10. The highest BCUT2D eigenvalue weighted by Gasteiger charge is 2.65. The molecule has 0 amide bonds. The van der Waals surface area contributed by atoms with Gasteiger partial charge in [0.25, 0.3) is 0 Å². The van der Waals surface area contributed by atoms with E-state index in [-0.39, 0.29) is 29.4 Å². The Balaban J connectivity index is 0.000000157. The molecule has 13 heteroatoms. The third kappa shape index (κ3) is 4.69. The first-order valence-corrected chi connectivity index (χ1v) is 15.7. The molecule has 4 aliphatic rings. The Bertz CT molecular complexity index is 1950. The molecule has 1 saturated heterocycles. The molecule has 0 unspecified atom stereocenters. The number of aryl methyl sites for hydroxylation is 1. The van der Waals surface area contributed by atoms with Crippen LogP contribution in [0.3, 0.4) is 0 Å². The van der Waals surface area contributed by atoms with E-state index < -0.39 is 6.10 Å². The SMILES string of the molecule is CC(=O)Oc1ccc2c3c1O[C@H]1[C@@H](OC(C)=O)C=C[C@H]4[C@@H](C2)N(C)CC[C@@]341.Cn1cc(-c2nc3c(Cl)cnc(C#N)c3s2)cn1. The van der Waals surface area contributed by atoms with E-state index in [0.717, 1.165) is 35.5 Å². The van der Waals surface area contributed by atoms with Crippen LogP contribution in [0.5, 0.6) is 11.5 Å². The van der Waals surface area contributed by atoms with Crippen LogP contribution in [0.15, 0.2) is 42.9 Å². The van der Waals surface area contributed by atoms with Crippen molar-refractivity contribution >= 4 is 45.1 Å². The van der Waals surface area contributed by atoms with Gasteiger partial charge in [0, 0.05) is 61.8 Å². The molecule has 2 aliphatic heterocycles. The molecule has 3 aromatic heterocycles. The number of thiazole rings is 1. The standard InChI is InChI=1S/C21H23NO5.C11H6ClN5S/c1-11(23)25-16-6-4-13-10-15-14-5-7-17(26-12(2)24)20-21(14,8-9-22(15)3)18(13)19(16)27-20;1-17-5-6(3-15-17)11-16-9-7(12)4-14-8(2-13)10(9)18-11/h4-7,14-15,17,20H,8-10H2,1-3H3;3-5H,1H3/t14-,15+,17-,20-,21-;/m0./s1. The van der Waals surface area contributed by atoms with E-state index in [0.29, 0.717) is 38.5 Å². The van der Waals surface area contributed by atoms with Gasteiger partial charge in [-0.05, 0) is 44.1 Å². The highest BCUT2D eigenvalue weighted by Crippen LogP contribution is 2.62. The maximum atomic E-state index is 11.7. The zero-order valence-corrected chi connectivity index (χ0v) is 26.6. The highest BCUT2D eigenvalue weighted by molar-refractivity contribution is 7.22. The van der Waals surface area contributed by atoms with Crippen LogP contribution in [0.25, 0.3) is 20.8 Å². The number of rotatable bonds is 3. The summed E-state index contributed by atoms with van der Waals surface area (Å²) >= 11 is 7.44. The summed E-state index contributed by atoms with van der Waals surface area (Å²) in [4.78, 5) is 34.1.